The van der Waals surface area contributed by atoms with Gasteiger partial charge in [-0.3, -0.25) is 0 Å². The highest BCUT2D eigenvalue weighted by atomic mass is 16.3. The average molecular weight is 212 g/mol. The van der Waals surface area contributed by atoms with Crippen molar-refractivity contribution in [3.8, 4) is 0 Å². The van der Waals surface area contributed by atoms with Gasteiger partial charge in [-0.25, -0.2) is 0 Å². The molecule has 0 amide bonds. The average Bonchev–Trinajstić information content (AvgIpc) is 2.72. The lowest BCUT2D eigenvalue weighted by molar-refractivity contribution is 0.259. The van der Waals surface area contributed by atoms with E-state index in [0.29, 0.717) is 5.82 Å². The van der Waals surface area contributed by atoms with Gasteiger partial charge in [-0.2, -0.15) is 0 Å². The fraction of sp³-hybridized carbons (Fsp3) is 0.800. The standard InChI is InChI=1S/C10H20N4O/c1-3-13(4-2)6-5-7-14-9-11-12-10(14)8-15/h9,15H,3-8H2,1-2H3. The highest BCUT2D eigenvalue weighted by Crippen LogP contribution is 1.98. The van der Waals surface area contributed by atoms with E-state index < -0.39 is 0 Å². The summed E-state index contributed by atoms with van der Waals surface area (Å²) in [5.74, 6) is 0.648. The van der Waals surface area contributed by atoms with Crippen LogP contribution in [0.3, 0.4) is 0 Å². The van der Waals surface area contributed by atoms with Crippen molar-refractivity contribution in [2.75, 3.05) is 19.6 Å². The van der Waals surface area contributed by atoms with E-state index in [2.05, 4.69) is 28.9 Å². The molecule has 1 aromatic rings. The maximum absolute atomic E-state index is 8.97. The van der Waals surface area contributed by atoms with Crippen molar-refractivity contribution in [2.45, 2.75) is 33.4 Å². The van der Waals surface area contributed by atoms with Crippen molar-refractivity contribution in [3.05, 3.63) is 12.2 Å². The summed E-state index contributed by atoms with van der Waals surface area (Å²) in [6.07, 6.45) is 2.74. The second-order valence-electron chi connectivity index (χ2n) is 3.48. The van der Waals surface area contributed by atoms with Crippen LogP contribution in [0.1, 0.15) is 26.1 Å². The van der Waals surface area contributed by atoms with Crippen LogP contribution < -0.4 is 0 Å². The summed E-state index contributed by atoms with van der Waals surface area (Å²) in [7, 11) is 0. The number of hydrogen-bond acceptors (Lipinski definition) is 4. The fourth-order valence-electron chi connectivity index (χ4n) is 1.59. The molecule has 5 heteroatoms. The Hall–Kier alpha value is -0.940. The van der Waals surface area contributed by atoms with Crippen molar-refractivity contribution >= 4 is 0 Å². The van der Waals surface area contributed by atoms with Crippen LogP contribution in [0.2, 0.25) is 0 Å². The molecule has 0 saturated carbocycles. The summed E-state index contributed by atoms with van der Waals surface area (Å²) in [6.45, 7) is 8.43. The largest absolute Gasteiger partial charge is 0.388 e. The fourth-order valence-corrected chi connectivity index (χ4v) is 1.59. The first-order chi connectivity index (χ1) is 7.31. The predicted octanol–water partition coefficient (Wildman–Crippen LogP) is 0.502. The Morgan fingerprint density at radius 3 is 2.73 bits per heavy atom. The molecule has 1 N–H and O–H groups in total. The number of rotatable bonds is 7. The normalized spacial score (nSPS) is 11.2. The number of aliphatic hydroxyl groups excluding tert-OH is 1. The highest BCUT2D eigenvalue weighted by molar-refractivity contribution is 4.82. The quantitative estimate of drug-likeness (QED) is 0.715. The molecule has 0 spiro atoms. The molecule has 0 saturated heterocycles. The van der Waals surface area contributed by atoms with Gasteiger partial charge in [0.05, 0.1) is 0 Å². The smallest absolute Gasteiger partial charge is 0.158 e. The molecule has 0 aliphatic rings. The zero-order valence-electron chi connectivity index (χ0n) is 9.56. The molecule has 0 aliphatic carbocycles. The van der Waals surface area contributed by atoms with Crippen molar-refractivity contribution in [1.82, 2.24) is 19.7 Å². The van der Waals surface area contributed by atoms with E-state index in [4.69, 9.17) is 5.11 Å². The summed E-state index contributed by atoms with van der Waals surface area (Å²) in [6, 6.07) is 0. The van der Waals surface area contributed by atoms with Gasteiger partial charge in [0, 0.05) is 6.54 Å². The molecule has 1 rings (SSSR count). The molecule has 0 aromatic carbocycles. The topological polar surface area (TPSA) is 54.2 Å². The molecule has 86 valence electrons. The van der Waals surface area contributed by atoms with Gasteiger partial charge in [0.25, 0.3) is 0 Å². The molecule has 15 heavy (non-hydrogen) atoms. The van der Waals surface area contributed by atoms with Gasteiger partial charge >= 0.3 is 0 Å². The number of aliphatic hydroxyl groups is 1. The third-order valence-electron chi connectivity index (χ3n) is 2.60. The van der Waals surface area contributed by atoms with Crippen molar-refractivity contribution in [2.24, 2.45) is 0 Å². The van der Waals surface area contributed by atoms with Crippen LogP contribution in [0.25, 0.3) is 0 Å². The van der Waals surface area contributed by atoms with E-state index in [0.717, 1.165) is 32.6 Å². The Labute approximate surface area is 90.7 Å². The Morgan fingerprint density at radius 2 is 2.13 bits per heavy atom. The molecule has 0 unspecified atom stereocenters. The molecular formula is C10H20N4O. The summed E-state index contributed by atoms with van der Waals surface area (Å²) < 4.78 is 1.91. The first kappa shape index (κ1) is 12.1. The van der Waals surface area contributed by atoms with Crippen molar-refractivity contribution < 1.29 is 5.11 Å². The minimum absolute atomic E-state index is 0.0364. The third-order valence-corrected chi connectivity index (χ3v) is 2.60. The van der Waals surface area contributed by atoms with Gasteiger partial charge in [0.1, 0.15) is 12.9 Å². The summed E-state index contributed by atoms with van der Waals surface area (Å²) in [5.41, 5.74) is 0. The van der Waals surface area contributed by atoms with E-state index in [-0.39, 0.29) is 6.61 Å². The van der Waals surface area contributed by atoms with Gasteiger partial charge in [-0.05, 0) is 26.1 Å². The molecule has 5 nitrogen and oxygen atoms in total. The minimum Gasteiger partial charge on any atom is -0.388 e. The molecule has 0 bridgehead atoms. The van der Waals surface area contributed by atoms with Crippen molar-refractivity contribution in [1.29, 1.82) is 0 Å². The first-order valence-corrected chi connectivity index (χ1v) is 5.51. The van der Waals surface area contributed by atoms with Crippen LogP contribution in [0, 0.1) is 0 Å². The van der Waals surface area contributed by atoms with Gasteiger partial charge < -0.3 is 14.6 Å². The van der Waals surface area contributed by atoms with E-state index in [1.165, 1.54) is 0 Å². The summed E-state index contributed by atoms with van der Waals surface area (Å²) in [4.78, 5) is 2.38. The van der Waals surface area contributed by atoms with Gasteiger partial charge in [-0.1, -0.05) is 13.8 Å². The zero-order valence-corrected chi connectivity index (χ0v) is 9.56. The first-order valence-electron chi connectivity index (χ1n) is 5.51. The Morgan fingerprint density at radius 1 is 1.40 bits per heavy atom. The summed E-state index contributed by atoms with van der Waals surface area (Å²) >= 11 is 0. The van der Waals surface area contributed by atoms with Crippen LogP contribution >= 0.6 is 0 Å². The van der Waals surface area contributed by atoms with Gasteiger partial charge in [0.2, 0.25) is 0 Å². The molecule has 0 atom stereocenters. The molecular weight excluding hydrogens is 192 g/mol. The maximum Gasteiger partial charge on any atom is 0.158 e. The van der Waals surface area contributed by atoms with E-state index >= 15 is 0 Å². The zero-order chi connectivity index (χ0) is 11.1. The SMILES string of the molecule is CCN(CC)CCCn1cnnc1CO. The molecule has 1 heterocycles. The van der Waals surface area contributed by atoms with E-state index in [1.807, 2.05) is 4.57 Å². The summed E-state index contributed by atoms with van der Waals surface area (Å²) in [5, 5.41) is 16.6. The van der Waals surface area contributed by atoms with E-state index in [9.17, 15) is 0 Å². The van der Waals surface area contributed by atoms with Crippen LogP contribution in [0.4, 0.5) is 0 Å². The highest BCUT2D eigenvalue weighted by Gasteiger charge is 2.03. The Bertz CT molecular complexity index is 270. The van der Waals surface area contributed by atoms with Gasteiger partial charge in [-0.15, -0.1) is 10.2 Å². The molecule has 0 radical (unpaired) electrons. The Kier molecular flexibility index (Phi) is 5.28. The van der Waals surface area contributed by atoms with Gasteiger partial charge in [0.15, 0.2) is 5.82 Å². The number of aryl methyl sites for hydroxylation is 1. The maximum atomic E-state index is 8.97. The van der Waals surface area contributed by atoms with Crippen LogP contribution in [0.15, 0.2) is 6.33 Å². The second kappa shape index (κ2) is 6.53. The predicted molar refractivity (Wildman–Crippen MR) is 58.3 cm³/mol. The lowest BCUT2D eigenvalue weighted by Crippen LogP contribution is -2.25. The van der Waals surface area contributed by atoms with E-state index in [1.54, 1.807) is 6.33 Å². The third kappa shape index (κ3) is 3.60. The lowest BCUT2D eigenvalue weighted by atomic mass is 10.3. The Balaban J connectivity index is 2.31. The molecule has 0 aliphatic heterocycles. The van der Waals surface area contributed by atoms with Crippen LogP contribution in [0.5, 0.6) is 0 Å². The van der Waals surface area contributed by atoms with Crippen LogP contribution in [-0.2, 0) is 13.2 Å². The number of aromatic nitrogens is 3. The number of nitrogens with zero attached hydrogens (tertiary/aromatic N) is 4. The molecule has 1 aromatic heterocycles. The molecule has 0 fully saturated rings. The minimum atomic E-state index is -0.0364. The monoisotopic (exact) mass is 212 g/mol. The van der Waals surface area contributed by atoms with Crippen LogP contribution in [-0.4, -0.2) is 44.4 Å². The lowest BCUT2D eigenvalue weighted by Gasteiger charge is -2.17. The number of hydrogen-bond donors (Lipinski definition) is 1. The van der Waals surface area contributed by atoms with Crippen molar-refractivity contribution in [3.63, 3.8) is 0 Å². The second-order valence-corrected chi connectivity index (χ2v) is 3.48.